The molecule has 4 heteroatoms. The van der Waals surface area contributed by atoms with Gasteiger partial charge in [-0.15, -0.1) is 0 Å². The molecule has 1 aromatic carbocycles. The molecule has 0 spiro atoms. The summed E-state index contributed by atoms with van der Waals surface area (Å²) in [5.41, 5.74) is 1.85. The minimum absolute atomic E-state index is 0.0746. The normalized spacial score (nSPS) is 14.2. The number of aryl methyl sites for hydroxylation is 2. The molecule has 0 aliphatic carbocycles. The summed E-state index contributed by atoms with van der Waals surface area (Å²) in [5, 5.41) is 17.7. The first kappa shape index (κ1) is 14.8. The van der Waals surface area contributed by atoms with Gasteiger partial charge in [0.2, 0.25) is 0 Å². The SMILES string of the molecule is CCNC(CO)(CCn1nccc1C)c1ccccc1. The van der Waals surface area contributed by atoms with E-state index in [1.54, 1.807) is 0 Å². The molecule has 4 nitrogen and oxygen atoms in total. The minimum atomic E-state index is -0.408. The number of nitrogens with one attached hydrogen (secondary N) is 1. The van der Waals surface area contributed by atoms with Crippen LogP contribution in [0.1, 0.15) is 24.6 Å². The lowest BCUT2D eigenvalue weighted by molar-refractivity contribution is 0.146. The summed E-state index contributed by atoms with van der Waals surface area (Å²) < 4.78 is 1.98. The zero-order valence-electron chi connectivity index (χ0n) is 12.2. The zero-order valence-corrected chi connectivity index (χ0v) is 12.2. The molecule has 2 rings (SSSR count). The smallest absolute Gasteiger partial charge is 0.0686 e. The van der Waals surface area contributed by atoms with E-state index in [1.165, 1.54) is 0 Å². The lowest BCUT2D eigenvalue weighted by atomic mass is 9.87. The summed E-state index contributed by atoms with van der Waals surface area (Å²) in [6, 6.07) is 12.1. The maximum Gasteiger partial charge on any atom is 0.0686 e. The lowest BCUT2D eigenvalue weighted by Crippen LogP contribution is -2.46. The van der Waals surface area contributed by atoms with Crippen molar-refractivity contribution in [3.63, 3.8) is 0 Å². The summed E-state index contributed by atoms with van der Waals surface area (Å²) in [6.45, 7) is 5.77. The van der Waals surface area contributed by atoms with Gasteiger partial charge in [0.15, 0.2) is 0 Å². The van der Waals surface area contributed by atoms with Crippen molar-refractivity contribution in [2.24, 2.45) is 0 Å². The van der Waals surface area contributed by atoms with E-state index in [0.29, 0.717) is 0 Å². The summed E-state index contributed by atoms with van der Waals surface area (Å²) in [5.74, 6) is 0. The Balaban J connectivity index is 2.21. The van der Waals surface area contributed by atoms with Gasteiger partial charge in [-0.05, 0) is 31.5 Å². The molecular weight excluding hydrogens is 250 g/mol. The lowest BCUT2D eigenvalue weighted by Gasteiger charge is -2.33. The molecule has 1 atom stereocenters. The maximum atomic E-state index is 9.97. The van der Waals surface area contributed by atoms with Gasteiger partial charge in [-0.1, -0.05) is 37.3 Å². The van der Waals surface area contributed by atoms with Gasteiger partial charge in [-0.2, -0.15) is 5.10 Å². The first-order valence-corrected chi connectivity index (χ1v) is 7.11. The number of aliphatic hydroxyl groups is 1. The predicted octanol–water partition coefficient (Wildman–Crippen LogP) is 2.08. The molecule has 0 fully saturated rings. The van der Waals surface area contributed by atoms with Gasteiger partial charge in [0, 0.05) is 18.4 Å². The Morgan fingerprint density at radius 1 is 1.25 bits per heavy atom. The molecule has 0 aliphatic rings. The van der Waals surface area contributed by atoms with E-state index in [-0.39, 0.29) is 6.61 Å². The number of nitrogens with zero attached hydrogens (tertiary/aromatic N) is 2. The largest absolute Gasteiger partial charge is 0.394 e. The van der Waals surface area contributed by atoms with Crippen molar-refractivity contribution >= 4 is 0 Å². The van der Waals surface area contributed by atoms with Gasteiger partial charge in [0.1, 0.15) is 0 Å². The maximum absolute atomic E-state index is 9.97. The highest BCUT2D eigenvalue weighted by atomic mass is 16.3. The number of rotatable bonds is 7. The molecule has 108 valence electrons. The molecule has 2 aromatic rings. The molecular formula is C16H23N3O. The zero-order chi connectivity index (χ0) is 14.4. The first-order chi connectivity index (χ1) is 9.72. The average molecular weight is 273 g/mol. The fraction of sp³-hybridized carbons (Fsp3) is 0.438. The van der Waals surface area contributed by atoms with Crippen LogP contribution in [-0.4, -0.2) is 28.0 Å². The van der Waals surface area contributed by atoms with Gasteiger partial charge in [-0.25, -0.2) is 0 Å². The Hall–Kier alpha value is -1.65. The van der Waals surface area contributed by atoms with E-state index in [2.05, 4.69) is 29.5 Å². The second-order valence-electron chi connectivity index (χ2n) is 5.08. The number of hydrogen-bond donors (Lipinski definition) is 2. The highest BCUT2D eigenvalue weighted by Crippen LogP contribution is 2.25. The van der Waals surface area contributed by atoms with E-state index in [1.807, 2.05) is 42.1 Å². The summed E-state index contributed by atoms with van der Waals surface area (Å²) in [6.07, 6.45) is 2.61. The summed E-state index contributed by atoms with van der Waals surface area (Å²) in [7, 11) is 0. The topological polar surface area (TPSA) is 50.1 Å². The fourth-order valence-corrected chi connectivity index (χ4v) is 2.59. The molecule has 0 amide bonds. The first-order valence-electron chi connectivity index (χ1n) is 7.11. The van der Waals surface area contributed by atoms with Crippen molar-refractivity contribution in [2.75, 3.05) is 13.2 Å². The van der Waals surface area contributed by atoms with Crippen molar-refractivity contribution in [2.45, 2.75) is 32.4 Å². The number of aliphatic hydroxyl groups excluding tert-OH is 1. The second kappa shape index (κ2) is 6.68. The van der Waals surface area contributed by atoms with E-state index in [4.69, 9.17) is 0 Å². The molecule has 0 saturated carbocycles. The number of aromatic nitrogens is 2. The van der Waals surface area contributed by atoms with E-state index in [0.717, 1.165) is 30.8 Å². The molecule has 2 N–H and O–H groups in total. The highest BCUT2D eigenvalue weighted by molar-refractivity contribution is 5.24. The monoisotopic (exact) mass is 273 g/mol. The number of hydrogen-bond acceptors (Lipinski definition) is 3. The summed E-state index contributed by atoms with van der Waals surface area (Å²) in [4.78, 5) is 0. The molecule has 0 saturated heterocycles. The third-order valence-corrected chi connectivity index (χ3v) is 3.79. The highest BCUT2D eigenvalue weighted by Gasteiger charge is 2.30. The van der Waals surface area contributed by atoms with Gasteiger partial charge in [-0.3, -0.25) is 4.68 Å². The van der Waals surface area contributed by atoms with Crippen molar-refractivity contribution in [1.29, 1.82) is 0 Å². The Bertz CT molecular complexity index is 524. The number of likely N-dealkylation sites (N-methyl/N-ethyl adjacent to an activating group) is 1. The molecule has 1 aromatic heterocycles. The third-order valence-electron chi connectivity index (χ3n) is 3.79. The molecule has 20 heavy (non-hydrogen) atoms. The minimum Gasteiger partial charge on any atom is -0.394 e. The van der Waals surface area contributed by atoms with Gasteiger partial charge in [0.25, 0.3) is 0 Å². The molecule has 0 bridgehead atoms. The van der Waals surface area contributed by atoms with Crippen LogP contribution in [0, 0.1) is 6.92 Å². The average Bonchev–Trinajstić information content (AvgIpc) is 2.90. The molecule has 0 aliphatic heterocycles. The van der Waals surface area contributed by atoms with E-state index < -0.39 is 5.54 Å². The Labute approximate surface area is 120 Å². The molecule has 1 heterocycles. The molecule has 1 unspecified atom stereocenters. The second-order valence-corrected chi connectivity index (χ2v) is 5.08. The van der Waals surface area contributed by atoms with Crippen LogP contribution in [0.2, 0.25) is 0 Å². The fourth-order valence-electron chi connectivity index (χ4n) is 2.59. The number of benzene rings is 1. The van der Waals surface area contributed by atoms with Gasteiger partial charge in [0.05, 0.1) is 12.1 Å². The van der Waals surface area contributed by atoms with Crippen molar-refractivity contribution in [3.8, 4) is 0 Å². The van der Waals surface area contributed by atoms with Gasteiger partial charge >= 0.3 is 0 Å². The van der Waals surface area contributed by atoms with E-state index in [9.17, 15) is 5.11 Å². The van der Waals surface area contributed by atoms with Gasteiger partial charge < -0.3 is 10.4 Å². The van der Waals surface area contributed by atoms with Crippen LogP contribution in [0.3, 0.4) is 0 Å². The van der Waals surface area contributed by atoms with E-state index >= 15 is 0 Å². The van der Waals surface area contributed by atoms with Crippen LogP contribution < -0.4 is 5.32 Å². The van der Waals surface area contributed by atoms with Crippen molar-refractivity contribution < 1.29 is 5.11 Å². The summed E-state index contributed by atoms with van der Waals surface area (Å²) >= 11 is 0. The van der Waals surface area contributed by atoms with Crippen LogP contribution in [-0.2, 0) is 12.1 Å². The van der Waals surface area contributed by atoms with Crippen LogP contribution in [0.5, 0.6) is 0 Å². The van der Waals surface area contributed by atoms with Crippen molar-refractivity contribution in [1.82, 2.24) is 15.1 Å². The Morgan fingerprint density at radius 3 is 2.55 bits per heavy atom. The standard InChI is InChI=1S/C16H23N3O/c1-3-17-16(13-20,15-7-5-4-6-8-15)10-12-19-14(2)9-11-18-19/h4-9,11,17,20H,3,10,12-13H2,1-2H3. The quantitative estimate of drug-likeness (QED) is 0.812. The van der Waals surface area contributed by atoms with Crippen LogP contribution >= 0.6 is 0 Å². The van der Waals surface area contributed by atoms with Crippen LogP contribution in [0.4, 0.5) is 0 Å². The predicted molar refractivity (Wildman–Crippen MR) is 80.5 cm³/mol. The van der Waals surface area contributed by atoms with Crippen molar-refractivity contribution in [3.05, 3.63) is 53.9 Å². The Kier molecular flexibility index (Phi) is 4.93. The van der Waals surface area contributed by atoms with Crippen LogP contribution in [0.15, 0.2) is 42.6 Å². The Morgan fingerprint density at radius 2 is 2.00 bits per heavy atom. The molecule has 0 radical (unpaired) electrons. The third kappa shape index (κ3) is 3.08. The van der Waals surface area contributed by atoms with Crippen LogP contribution in [0.25, 0.3) is 0 Å².